The van der Waals surface area contributed by atoms with Crippen molar-refractivity contribution in [2.45, 2.75) is 63.7 Å². The van der Waals surface area contributed by atoms with E-state index in [0.29, 0.717) is 12.8 Å². The van der Waals surface area contributed by atoms with Gasteiger partial charge in [-0.15, -0.1) is 0 Å². The zero-order chi connectivity index (χ0) is 23.0. The molecule has 4 amide bonds. The average Bonchev–Trinajstić information content (AvgIpc) is 3.14. The number of carboxylic acid groups (broad SMARTS) is 1. The second-order valence-electron chi connectivity index (χ2n) is 7.74. The third-order valence-corrected chi connectivity index (χ3v) is 4.71. The molecule has 1 aliphatic rings. The minimum atomic E-state index is -1.40. The van der Waals surface area contributed by atoms with Gasteiger partial charge in [-0.1, -0.05) is 13.8 Å². The van der Waals surface area contributed by atoms with Gasteiger partial charge in [-0.2, -0.15) is 0 Å². The number of aliphatic hydroxyl groups is 1. The van der Waals surface area contributed by atoms with Gasteiger partial charge in [-0.25, -0.2) is 4.79 Å². The van der Waals surface area contributed by atoms with Crippen molar-refractivity contribution >= 4 is 29.6 Å². The summed E-state index contributed by atoms with van der Waals surface area (Å²) in [5, 5.41) is 23.0. The molecule has 1 aliphatic heterocycles. The van der Waals surface area contributed by atoms with Gasteiger partial charge < -0.3 is 37.2 Å². The molecule has 4 unspecified atom stereocenters. The van der Waals surface area contributed by atoms with Crippen molar-refractivity contribution in [3.63, 3.8) is 0 Å². The topological polar surface area (TPSA) is 205 Å². The fraction of sp³-hybridized carbons (Fsp3) is 0.722. The molecule has 0 aromatic heterocycles. The molecule has 1 saturated heterocycles. The molecule has 30 heavy (non-hydrogen) atoms. The maximum absolute atomic E-state index is 13.0. The molecule has 0 spiro atoms. The Morgan fingerprint density at radius 2 is 1.70 bits per heavy atom. The molecule has 12 nitrogen and oxygen atoms in total. The van der Waals surface area contributed by atoms with Crippen LogP contribution in [0.25, 0.3) is 0 Å². The summed E-state index contributed by atoms with van der Waals surface area (Å²) in [5.74, 6) is -4.25. The maximum Gasteiger partial charge on any atom is 0.326 e. The molecular formula is C18H31N5O7. The van der Waals surface area contributed by atoms with Crippen molar-refractivity contribution in [2.24, 2.45) is 17.4 Å². The Labute approximate surface area is 174 Å². The molecule has 170 valence electrons. The highest BCUT2D eigenvalue weighted by Crippen LogP contribution is 2.20. The van der Waals surface area contributed by atoms with Gasteiger partial charge in [0.2, 0.25) is 23.6 Å². The normalized spacial score (nSPS) is 19.1. The second-order valence-corrected chi connectivity index (χ2v) is 7.74. The number of nitrogens with zero attached hydrogens (tertiary/aromatic N) is 1. The lowest BCUT2D eigenvalue weighted by Gasteiger charge is -2.29. The number of carbonyl (C=O) groups excluding carboxylic acids is 4. The number of hydrogen-bond acceptors (Lipinski definition) is 7. The Morgan fingerprint density at radius 3 is 2.20 bits per heavy atom. The molecule has 0 aromatic carbocycles. The number of carboxylic acids is 1. The summed E-state index contributed by atoms with van der Waals surface area (Å²) in [5.41, 5.74) is 10.6. The lowest BCUT2D eigenvalue weighted by atomic mass is 10.0. The largest absolute Gasteiger partial charge is 0.480 e. The van der Waals surface area contributed by atoms with Gasteiger partial charge >= 0.3 is 5.97 Å². The summed E-state index contributed by atoms with van der Waals surface area (Å²) in [6.07, 6.45) is 0.536. The molecule has 0 aromatic rings. The first-order valence-corrected chi connectivity index (χ1v) is 9.76. The number of aliphatic carboxylic acids is 1. The Kier molecular flexibility index (Phi) is 9.66. The number of hydrogen-bond donors (Lipinski definition) is 6. The average molecular weight is 429 g/mol. The van der Waals surface area contributed by atoms with Crippen LogP contribution in [0.3, 0.4) is 0 Å². The van der Waals surface area contributed by atoms with Gasteiger partial charge in [0.15, 0.2) is 0 Å². The van der Waals surface area contributed by atoms with Crippen LogP contribution in [-0.4, -0.2) is 82.0 Å². The first-order valence-electron chi connectivity index (χ1n) is 9.76. The van der Waals surface area contributed by atoms with E-state index in [1.807, 2.05) is 13.8 Å². The zero-order valence-electron chi connectivity index (χ0n) is 17.2. The number of carbonyl (C=O) groups is 5. The van der Waals surface area contributed by atoms with Crippen LogP contribution in [0, 0.1) is 5.92 Å². The third-order valence-electron chi connectivity index (χ3n) is 4.71. The van der Waals surface area contributed by atoms with Crippen LogP contribution in [0.15, 0.2) is 0 Å². The number of amides is 4. The molecule has 1 rings (SSSR count). The smallest absolute Gasteiger partial charge is 0.326 e. The van der Waals surface area contributed by atoms with Gasteiger partial charge in [0, 0.05) is 6.54 Å². The highest BCUT2D eigenvalue weighted by atomic mass is 16.4. The first-order chi connectivity index (χ1) is 14.0. The van der Waals surface area contributed by atoms with Crippen LogP contribution < -0.4 is 22.1 Å². The summed E-state index contributed by atoms with van der Waals surface area (Å²) in [4.78, 5) is 61.6. The lowest BCUT2D eigenvalue weighted by Crippen LogP contribution is -2.58. The standard InChI is InChI=1S/C18H31N5O7/c1-9(2)6-12(17(28)23-5-3-4-13(23)18(29)30)22-16(27)11(7-14(20)25)21-15(26)10(19)8-24/h9-13,24H,3-8,19H2,1-2H3,(H2,20,25)(H,21,26)(H,22,27)(H,29,30). The van der Waals surface area contributed by atoms with Crippen LogP contribution >= 0.6 is 0 Å². The van der Waals surface area contributed by atoms with Crippen molar-refractivity contribution in [1.29, 1.82) is 0 Å². The van der Waals surface area contributed by atoms with Gasteiger partial charge in [-0.05, 0) is 25.2 Å². The molecular weight excluding hydrogens is 398 g/mol. The molecule has 0 saturated carbocycles. The first kappa shape index (κ1) is 25.3. The minimum Gasteiger partial charge on any atom is -0.480 e. The predicted molar refractivity (Wildman–Crippen MR) is 105 cm³/mol. The van der Waals surface area contributed by atoms with Gasteiger partial charge in [0.25, 0.3) is 0 Å². The van der Waals surface area contributed by atoms with Gasteiger partial charge in [-0.3, -0.25) is 19.2 Å². The molecule has 1 heterocycles. The lowest BCUT2D eigenvalue weighted by molar-refractivity contribution is -0.149. The van der Waals surface area contributed by atoms with E-state index in [1.54, 1.807) is 0 Å². The maximum atomic E-state index is 13.0. The number of likely N-dealkylation sites (tertiary alicyclic amines) is 1. The predicted octanol–water partition coefficient (Wildman–Crippen LogP) is -2.73. The Balaban J connectivity index is 3.00. The summed E-state index contributed by atoms with van der Waals surface area (Å²) in [7, 11) is 0. The minimum absolute atomic E-state index is 0.0166. The second kappa shape index (κ2) is 11.5. The molecule has 0 aliphatic carbocycles. The molecule has 0 bridgehead atoms. The van der Waals surface area contributed by atoms with Gasteiger partial charge in [0.05, 0.1) is 13.0 Å². The van der Waals surface area contributed by atoms with Crippen molar-refractivity contribution < 1.29 is 34.2 Å². The number of aliphatic hydroxyl groups excluding tert-OH is 1. The van der Waals surface area contributed by atoms with Crippen molar-refractivity contribution in [3.8, 4) is 0 Å². The molecule has 12 heteroatoms. The van der Waals surface area contributed by atoms with E-state index in [1.165, 1.54) is 4.90 Å². The monoisotopic (exact) mass is 429 g/mol. The summed E-state index contributed by atoms with van der Waals surface area (Å²) in [6, 6.07) is -4.71. The number of rotatable bonds is 11. The zero-order valence-corrected chi connectivity index (χ0v) is 17.2. The number of nitrogens with one attached hydrogen (secondary N) is 2. The van der Waals surface area contributed by atoms with E-state index in [2.05, 4.69) is 10.6 Å². The fourth-order valence-electron chi connectivity index (χ4n) is 3.22. The van der Waals surface area contributed by atoms with E-state index < -0.39 is 66.8 Å². The summed E-state index contributed by atoms with van der Waals surface area (Å²) >= 11 is 0. The van der Waals surface area contributed by atoms with E-state index in [0.717, 1.165) is 0 Å². The number of nitrogens with two attached hydrogens (primary N) is 2. The Hall–Kier alpha value is -2.73. The van der Waals surface area contributed by atoms with E-state index in [9.17, 15) is 29.1 Å². The third kappa shape index (κ3) is 7.26. The number of primary amides is 1. The molecule has 8 N–H and O–H groups in total. The quantitative estimate of drug-likeness (QED) is 0.203. The van der Waals surface area contributed by atoms with Crippen molar-refractivity contribution in [1.82, 2.24) is 15.5 Å². The SMILES string of the molecule is CC(C)CC(NC(=O)C(CC(N)=O)NC(=O)C(N)CO)C(=O)N1CCCC1C(=O)O. The van der Waals surface area contributed by atoms with Gasteiger partial charge in [0.1, 0.15) is 24.2 Å². The highest BCUT2D eigenvalue weighted by molar-refractivity contribution is 5.96. The summed E-state index contributed by atoms with van der Waals surface area (Å²) in [6.45, 7) is 3.24. The fourth-order valence-corrected chi connectivity index (χ4v) is 3.22. The highest BCUT2D eigenvalue weighted by Gasteiger charge is 2.38. The van der Waals surface area contributed by atoms with Crippen LogP contribution in [0.5, 0.6) is 0 Å². The van der Waals surface area contributed by atoms with E-state index >= 15 is 0 Å². The van der Waals surface area contributed by atoms with Crippen LogP contribution in [0.4, 0.5) is 0 Å². The molecule has 4 atom stereocenters. The van der Waals surface area contributed by atoms with Crippen LogP contribution in [0.1, 0.15) is 39.5 Å². The molecule has 0 radical (unpaired) electrons. The van der Waals surface area contributed by atoms with E-state index in [4.69, 9.17) is 16.6 Å². The van der Waals surface area contributed by atoms with E-state index in [-0.39, 0.29) is 18.9 Å². The van der Waals surface area contributed by atoms with Crippen LogP contribution in [0.2, 0.25) is 0 Å². The van der Waals surface area contributed by atoms with Crippen molar-refractivity contribution in [2.75, 3.05) is 13.2 Å². The van der Waals surface area contributed by atoms with Crippen molar-refractivity contribution in [3.05, 3.63) is 0 Å². The van der Waals surface area contributed by atoms with Crippen LogP contribution in [-0.2, 0) is 24.0 Å². The molecule has 1 fully saturated rings. The summed E-state index contributed by atoms with van der Waals surface area (Å²) < 4.78 is 0. The Bertz CT molecular complexity index is 669. The Morgan fingerprint density at radius 1 is 1.10 bits per heavy atom.